The van der Waals surface area contributed by atoms with Gasteiger partial charge in [0.25, 0.3) is 0 Å². The predicted molar refractivity (Wildman–Crippen MR) is 115 cm³/mol. The first-order chi connectivity index (χ1) is 14.4. The third kappa shape index (κ3) is 4.28. The minimum Gasteiger partial charge on any atom is -0.503 e. The molecule has 7 nitrogen and oxygen atoms in total. The molecule has 2 amide bonds. The van der Waals surface area contributed by atoms with Crippen LogP contribution in [0, 0.1) is 0 Å². The van der Waals surface area contributed by atoms with Crippen LogP contribution in [0.3, 0.4) is 0 Å². The van der Waals surface area contributed by atoms with Crippen molar-refractivity contribution >= 4 is 27.9 Å². The van der Waals surface area contributed by atoms with Crippen LogP contribution in [0.5, 0.6) is 11.5 Å². The van der Waals surface area contributed by atoms with Crippen LogP contribution >= 0.6 is 15.9 Å². The summed E-state index contributed by atoms with van der Waals surface area (Å²) < 4.78 is 10.9. The maximum absolute atomic E-state index is 13.0. The van der Waals surface area contributed by atoms with E-state index in [2.05, 4.69) is 21.2 Å². The van der Waals surface area contributed by atoms with Gasteiger partial charge in [-0.25, -0.2) is 9.59 Å². The highest BCUT2D eigenvalue weighted by atomic mass is 79.9. The van der Waals surface area contributed by atoms with Crippen molar-refractivity contribution < 1.29 is 24.2 Å². The van der Waals surface area contributed by atoms with Gasteiger partial charge in [0.05, 0.1) is 36.3 Å². The largest absolute Gasteiger partial charge is 0.503 e. The normalized spacial score (nSPS) is 16.3. The number of rotatable bonds is 6. The zero-order valence-corrected chi connectivity index (χ0v) is 18.5. The Bertz CT molecular complexity index is 991. The van der Waals surface area contributed by atoms with E-state index < -0.39 is 12.0 Å². The Kier molecular flexibility index (Phi) is 6.66. The third-order valence-electron chi connectivity index (χ3n) is 4.88. The molecule has 1 atom stereocenters. The van der Waals surface area contributed by atoms with Crippen LogP contribution in [0.1, 0.15) is 31.0 Å². The van der Waals surface area contributed by atoms with Crippen LogP contribution in [-0.4, -0.2) is 35.7 Å². The number of amides is 2. The number of methoxy groups -OCH3 is 1. The molecule has 2 aromatic rings. The molecule has 158 valence electrons. The highest BCUT2D eigenvalue weighted by Gasteiger charge is 2.37. The Morgan fingerprint density at radius 2 is 1.97 bits per heavy atom. The number of nitrogens with zero attached hydrogens (tertiary/aromatic N) is 1. The molecule has 0 saturated heterocycles. The van der Waals surface area contributed by atoms with Crippen molar-refractivity contribution in [2.75, 3.05) is 13.7 Å². The molecule has 1 aliphatic heterocycles. The predicted octanol–water partition coefficient (Wildman–Crippen LogP) is 4.27. The first-order valence-electron chi connectivity index (χ1n) is 9.43. The van der Waals surface area contributed by atoms with E-state index in [-0.39, 0.29) is 24.1 Å². The van der Waals surface area contributed by atoms with Crippen molar-refractivity contribution in [3.8, 4) is 11.5 Å². The fraction of sp³-hybridized carbons (Fsp3) is 0.273. The number of benzene rings is 2. The van der Waals surface area contributed by atoms with E-state index in [0.717, 1.165) is 5.56 Å². The first-order valence-corrected chi connectivity index (χ1v) is 10.2. The van der Waals surface area contributed by atoms with E-state index in [9.17, 15) is 14.7 Å². The van der Waals surface area contributed by atoms with Gasteiger partial charge in [0.1, 0.15) is 0 Å². The first kappa shape index (κ1) is 21.7. The Labute approximate surface area is 183 Å². The fourth-order valence-corrected chi connectivity index (χ4v) is 3.84. The topological polar surface area (TPSA) is 88.1 Å². The maximum Gasteiger partial charge on any atom is 0.338 e. The number of urea groups is 1. The molecule has 2 aromatic carbocycles. The molecule has 0 aromatic heterocycles. The van der Waals surface area contributed by atoms with Gasteiger partial charge in [0.2, 0.25) is 0 Å². The SMILES string of the molecule is CCOC(=O)C1=C(C)N(Cc2ccccc2)C(=O)NC1c1cc(Br)c(O)c(OC)c1. The fourth-order valence-electron chi connectivity index (χ4n) is 3.38. The molecule has 3 rings (SSSR count). The van der Waals surface area contributed by atoms with Crippen molar-refractivity contribution in [1.82, 2.24) is 10.2 Å². The average molecular weight is 475 g/mol. The second kappa shape index (κ2) is 9.21. The number of allylic oxidation sites excluding steroid dienone is 1. The van der Waals surface area contributed by atoms with E-state index in [1.54, 1.807) is 26.0 Å². The Morgan fingerprint density at radius 1 is 1.27 bits per heavy atom. The molecule has 1 unspecified atom stereocenters. The molecule has 2 N–H and O–H groups in total. The summed E-state index contributed by atoms with van der Waals surface area (Å²) in [6.07, 6.45) is 0. The van der Waals surface area contributed by atoms with Crippen LogP contribution in [0.4, 0.5) is 4.79 Å². The summed E-state index contributed by atoms with van der Waals surface area (Å²) in [5, 5.41) is 13.0. The minimum absolute atomic E-state index is 0.0625. The van der Waals surface area contributed by atoms with Crippen molar-refractivity contribution in [2.24, 2.45) is 0 Å². The summed E-state index contributed by atoms with van der Waals surface area (Å²) in [5.41, 5.74) is 2.34. The molecular formula is C22H23BrN2O5. The van der Waals surface area contributed by atoms with Crippen LogP contribution in [0.15, 0.2) is 58.2 Å². The zero-order chi connectivity index (χ0) is 21.8. The number of halogens is 1. The second-order valence-corrected chi connectivity index (χ2v) is 7.58. The van der Waals surface area contributed by atoms with Gasteiger partial charge in [-0.05, 0) is 53.0 Å². The molecule has 0 spiro atoms. The van der Waals surface area contributed by atoms with Crippen LogP contribution in [0.25, 0.3) is 0 Å². The van der Waals surface area contributed by atoms with Crippen molar-refractivity contribution in [3.05, 3.63) is 69.3 Å². The molecule has 0 saturated carbocycles. The Balaban J connectivity index is 2.09. The molecule has 0 bridgehead atoms. The summed E-state index contributed by atoms with van der Waals surface area (Å²) in [5.74, 6) is -0.352. The lowest BCUT2D eigenvalue weighted by molar-refractivity contribution is -0.139. The molecule has 0 aliphatic carbocycles. The Hall–Kier alpha value is -3.00. The molecule has 0 radical (unpaired) electrons. The smallest absolute Gasteiger partial charge is 0.338 e. The maximum atomic E-state index is 13.0. The van der Waals surface area contributed by atoms with Gasteiger partial charge >= 0.3 is 12.0 Å². The monoisotopic (exact) mass is 474 g/mol. The van der Waals surface area contributed by atoms with E-state index >= 15 is 0 Å². The van der Waals surface area contributed by atoms with Crippen molar-refractivity contribution in [1.29, 1.82) is 0 Å². The lowest BCUT2D eigenvalue weighted by Crippen LogP contribution is -2.47. The number of ether oxygens (including phenoxy) is 2. The van der Waals surface area contributed by atoms with Gasteiger partial charge in [0.15, 0.2) is 11.5 Å². The molecular weight excluding hydrogens is 452 g/mol. The highest BCUT2D eigenvalue weighted by Crippen LogP contribution is 2.40. The van der Waals surface area contributed by atoms with Crippen LogP contribution < -0.4 is 10.1 Å². The van der Waals surface area contributed by atoms with Crippen molar-refractivity contribution in [2.45, 2.75) is 26.4 Å². The number of phenolic OH excluding ortho intramolecular Hbond substituents is 1. The van der Waals surface area contributed by atoms with Gasteiger partial charge in [0, 0.05) is 5.70 Å². The van der Waals surface area contributed by atoms with E-state index in [1.165, 1.54) is 12.0 Å². The third-order valence-corrected chi connectivity index (χ3v) is 5.48. The number of esters is 1. The number of hydrogen-bond acceptors (Lipinski definition) is 5. The number of carbonyl (C=O) groups is 2. The quantitative estimate of drug-likeness (QED) is 0.610. The standard InChI is InChI=1S/C22H23BrN2O5/c1-4-30-21(27)18-13(2)25(12-14-8-6-5-7-9-14)22(28)24-19(18)15-10-16(23)20(26)17(11-15)29-3/h5-11,19,26H,4,12H2,1-3H3,(H,24,28). The minimum atomic E-state index is -0.755. The van der Waals surface area contributed by atoms with Gasteiger partial charge in [-0.2, -0.15) is 0 Å². The molecule has 8 heteroatoms. The summed E-state index contributed by atoms with van der Waals surface area (Å²) in [6.45, 7) is 3.98. The number of carbonyl (C=O) groups excluding carboxylic acids is 2. The summed E-state index contributed by atoms with van der Waals surface area (Å²) >= 11 is 3.29. The zero-order valence-electron chi connectivity index (χ0n) is 16.9. The lowest BCUT2D eigenvalue weighted by atomic mass is 9.94. The number of phenols is 1. The summed E-state index contributed by atoms with van der Waals surface area (Å²) in [6, 6.07) is 11.7. The summed E-state index contributed by atoms with van der Waals surface area (Å²) in [4.78, 5) is 27.3. The van der Waals surface area contributed by atoms with Crippen LogP contribution in [0.2, 0.25) is 0 Å². The van der Waals surface area contributed by atoms with Gasteiger partial charge in [-0.3, -0.25) is 4.90 Å². The van der Waals surface area contributed by atoms with Gasteiger partial charge in [-0.15, -0.1) is 0 Å². The number of aromatic hydroxyl groups is 1. The van der Waals surface area contributed by atoms with Crippen molar-refractivity contribution in [3.63, 3.8) is 0 Å². The average Bonchev–Trinajstić information content (AvgIpc) is 2.73. The van der Waals surface area contributed by atoms with Gasteiger partial charge < -0.3 is 19.9 Å². The molecule has 0 fully saturated rings. The summed E-state index contributed by atoms with van der Waals surface area (Å²) in [7, 11) is 1.43. The van der Waals surface area contributed by atoms with Gasteiger partial charge in [-0.1, -0.05) is 30.3 Å². The van der Waals surface area contributed by atoms with E-state index in [1.807, 2.05) is 30.3 Å². The lowest BCUT2D eigenvalue weighted by Gasteiger charge is -2.35. The Morgan fingerprint density at radius 3 is 2.60 bits per heavy atom. The van der Waals surface area contributed by atoms with E-state index in [4.69, 9.17) is 9.47 Å². The van der Waals surface area contributed by atoms with Crippen LogP contribution in [-0.2, 0) is 16.1 Å². The highest BCUT2D eigenvalue weighted by molar-refractivity contribution is 9.10. The second-order valence-electron chi connectivity index (χ2n) is 6.73. The molecule has 30 heavy (non-hydrogen) atoms. The molecule has 1 heterocycles. The van der Waals surface area contributed by atoms with E-state index in [0.29, 0.717) is 27.9 Å². The number of nitrogens with one attached hydrogen (secondary N) is 1. The number of hydrogen-bond donors (Lipinski definition) is 2. The molecule has 1 aliphatic rings.